The van der Waals surface area contributed by atoms with Gasteiger partial charge < -0.3 is 5.32 Å². The van der Waals surface area contributed by atoms with E-state index in [1.54, 1.807) is 12.1 Å². The van der Waals surface area contributed by atoms with Crippen molar-refractivity contribution in [2.45, 2.75) is 50.7 Å². The molecule has 2 nitrogen and oxygen atoms in total. The van der Waals surface area contributed by atoms with Crippen LogP contribution in [0.4, 0.5) is 8.78 Å². The first kappa shape index (κ1) is 14.0. The van der Waals surface area contributed by atoms with Gasteiger partial charge in [-0.1, -0.05) is 18.2 Å². The van der Waals surface area contributed by atoms with Crippen molar-refractivity contribution in [3.05, 3.63) is 35.4 Å². The summed E-state index contributed by atoms with van der Waals surface area (Å²) >= 11 is 0. The molecule has 0 amide bonds. The number of nitrogens with one attached hydrogen (secondary N) is 1. The van der Waals surface area contributed by atoms with E-state index in [0.29, 0.717) is 12.1 Å². The molecule has 0 radical (unpaired) electrons. The van der Waals surface area contributed by atoms with Crippen molar-refractivity contribution in [3.8, 4) is 0 Å². The average Bonchev–Trinajstić information content (AvgIpc) is 3.17. The second-order valence-electron chi connectivity index (χ2n) is 6.00. The summed E-state index contributed by atoms with van der Waals surface area (Å²) in [5.41, 5.74) is 1.14. The zero-order valence-corrected chi connectivity index (χ0v) is 11.7. The molecule has 1 N–H and O–H groups in total. The first-order valence-corrected chi connectivity index (χ1v) is 7.57. The minimum atomic E-state index is -2.37. The Morgan fingerprint density at radius 3 is 2.75 bits per heavy atom. The van der Waals surface area contributed by atoms with Gasteiger partial charge in [0.05, 0.1) is 0 Å². The molecular formula is C16H22F2N2. The molecular weight excluding hydrogens is 258 g/mol. The van der Waals surface area contributed by atoms with Crippen LogP contribution in [-0.2, 0) is 6.54 Å². The highest BCUT2D eigenvalue weighted by Crippen LogP contribution is 2.30. The molecule has 1 aliphatic heterocycles. The van der Waals surface area contributed by atoms with E-state index in [2.05, 4.69) is 10.2 Å². The molecule has 1 saturated carbocycles. The highest BCUT2D eigenvalue weighted by molar-refractivity contribution is 5.24. The van der Waals surface area contributed by atoms with Crippen molar-refractivity contribution in [1.29, 1.82) is 0 Å². The smallest absolute Gasteiger partial charge is 0.263 e. The van der Waals surface area contributed by atoms with E-state index in [9.17, 15) is 8.78 Å². The molecule has 1 aliphatic carbocycles. The number of benzene rings is 1. The Morgan fingerprint density at radius 2 is 2.10 bits per heavy atom. The Hall–Kier alpha value is -1.00. The van der Waals surface area contributed by atoms with Gasteiger partial charge in [0.2, 0.25) is 0 Å². The molecule has 0 bridgehead atoms. The van der Waals surface area contributed by atoms with Gasteiger partial charge in [-0.05, 0) is 43.9 Å². The molecule has 1 aromatic rings. The van der Waals surface area contributed by atoms with Crippen LogP contribution < -0.4 is 5.32 Å². The summed E-state index contributed by atoms with van der Waals surface area (Å²) in [7, 11) is 0. The maximum Gasteiger partial charge on any atom is 0.263 e. The third-order valence-electron chi connectivity index (χ3n) is 4.27. The molecule has 0 spiro atoms. The average molecular weight is 280 g/mol. The van der Waals surface area contributed by atoms with Gasteiger partial charge in [0.15, 0.2) is 0 Å². The normalized spacial score (nSPS) is 22.9. The first-order chi connectivity index (χ1) is 9.72. The van der Waals surface area contributed by atoms with E-state index in [1.807, 2.05) is 6.07 Å². The highest BCUT2D eigenvalue weighted by Gasteiger charge is 2.31. The van der Waals surface area contributed by atoms with Crippen LogP contribution in [0.15, 0.2) is 24.3 Å². The minimum absolute atomic E-state index is 0.136. The fraction of sp³-hybridized carbons (Fsp3) is 0.625. The van der Waals surface area contributed by atoms with Crippen molar-refractivity contribution in [2.24, 2.45) is 0 Å². The van der Waals surface area contributed by atoms with Gasteiger partial charge in [0, 0.05) is 30.7 Å². The van der Waals surface area contributed by atoms with E-state index in [4.69, 9.17) is 0 Å². The molecule has 1 heterocycles. The van der Waals surface area contributed by atoms with Crippen molar-refractivity contribution in [2.75, 3.05) is 13.1 Å². The Morgan fingerprint density at radius 1 is 1.25 bits per heavy atom. The van der Waals surface area contributed by atoms with Crippen LogP contribution >= 0.6 is 0 Å². The first-order valence-electron chi connectivity index (χ1n) is 7.57. The van der Waals surface area contributed by atoms with Gasteiger partial charge in [-0.3, -0.25) is 4.90 Å². The van der Waals surface area contributed by atoms with Crippen LogP contribution in [0.1, 0.15) is 43.2 Å². The van der Waals surface area contributed by atoms with Crippen LogP contribution in [0.2, 0.25) is 0 Å². The van der Waals surface area contributed by atoms with Crippen molar-refractivity contribution in [1.82, 2.24) is 10.2 Å². The number of nitrogens with zero attached hydrogens (tertiary/aromatic N) is 1. The fourth-order valence-corrected chi connectivity index (χ4v) is 3.04. The third-order valence-corrected chi connectivity index (χ3v) is 4.27. The molecule has 2 aliphatic rings. The van der Waals surface area contributed by atoms with Gasteiger partial charge >= 0.3 is 0 Å². The zero-order chi connectivity index (χ0) is 13.9. The fourth-order valence-electron chi connectivity index (χ4n) is 3.04. The summed E-state index contributed by atoms with van der Waals surface area (Å²) < 4.78 is 25.5. The summed E-state index contributed by atoms with van der Waals surface area (Å²) in [5.74, 6) is 0. The number of halogens is 2. The van der Waals surface area contributed by atoms with E-state index in [-0.39, 0.29) is 5.56 Å². The monoisotopic (exact) mass is 280 g/mol. The summed E-state index contributed by atoms with van der Waals surface area (Å²) in [5, 5.41) is 3.52. The molecule has 2 fully saturated rings. The zero-order valence-electron chi connectivity index (χ0n) is 11.7. The lowest BCUT2D eigenvalue weighted by Crippen LogP contribution is -2.38. The van der Waals surface area contributed by atoms with Crippen LogP contribution in [0, 0.1) is 0 Å². The van der Waals surface area contributed by atoms with Gasteiger partial charge in [-0.25, -0.2) is 8.78 Å². The summed E-state index contributed by atoms with van der Waals surface area (Å²) in [6, 6.07) is 8.11. The van der Waals surface area contributed by atoms with Crippen molar-refractivity contribution in [3.63, 3.8) is 0 Å². The van der Waals surface area contributed by atoms with Crippen molar-refractivity contribution >= 4 is 0 Å². The SMILES string of the molecule is FC(F)c1cccc(CN(CC2CCCN2)C2CC2)c1. The van der Waals surface area contributed by atoms with Gasteiger partial charge in [-0.2, -0.15) is 0 Å². The second-order valence-corrected chi connectivity index (χ2v) is 6.00. The molecule has 4 heteroatoms. The van der Waals surface area contributed by atoms with Crippen LogP contribution in [-0.4, -0.2) is 30.1 Å². The largest absolute Gasteiger partial charge is 0.313 e. The molecule has 3 rings (SSSR count). The van der Waals surface area contributed by atoms with E-state index >= 15 is 0 Å². The Balaban J connectivity index is 1.64. The maximum absolute atomic E-state index is 12.8. The van der Waals surface area contributed by atoms with Gasteiger partial charge in [0.25, 0.3) is 6.43 Å². The molecule has 1 aromatic carbocycles. The summed E-state index contributed by atoms with van der Waals surface area (Å²) in [6.45, 7) is 2.96. The lowest BCUT2D eigenvalue weighted by atomic mass is 10.1. The quantitative estimate of drug-likeness (QED) is 0.859. The number of rotatable bonds is 6. The maximum atomic E-state index is 12.8. The van der Waals surface area contributed by atoms with Gasteiger partial charge in [-0.15, -0.1) is 0 Å². The Kier molecular flexibility index (Phi) is 4.32. The molecule has 1 saturated heterocycles. The molecule has 0 aromatic heterocycles. The Labute approximate surface area is 119 Å². The Bertz CT molecular complexity index is 440. The number of hydrogen-bond acceptors (Lipinski definition) is 2. The molecule has 1 atom stereocenters. The molecule has 20 heavy (non-hydrogen) atoms. The van der Waals surface area contributed by atoms with Gasteiger partial charge in [0.1, 0.15) is 0 Å². The van der Waals surface area contributed by atoms with E-state index < -0.39 is 6.43 Å². The lowest BCUT2D eigenvalue weighted by Gasteiger charge is -2.25. The second kappa shape index (κ2) is 6.19. The van der Waals surface area contributed by atoms with Crippen LogP contribution in [0.3, 0.4) is 0 Å². The van der Waals surface area contributed by atoms with Crippen LogP contribution in [0.5, 0.6) is 0 Å². The number of alkyl halides is 2. The third kappa shape index (κ3) is 3.55. The lowest BCUT2D eigenvalue weighted by molar-refractivity contribution is 0.151. The standard InChI is InChI=1S/C16H22F2N2/c17-16(18)13-4-1-3-12(9-13)10-20(15-6-7-15)11-14-5-2-8-19-14/h1,3-4,9,14-16,19H,2,5-8,10-11H2. The summed E-state index contributed by atoms with van der Waals surface area (Å²) in [4.78, 5) is 2.47. The molecule has 1 unspecified atom stereocenters. The highest BCUT2D eigenvalue weighted by atomic mass is 19.3. The van der Waals surface area contributed by atoms with Crippen LogP contribution in [0.25, 0.3) is 0 Å². The predicted octanol–water partition coefficient (Wildman–Crippen LogP) is 3.34. The van der Waals surface area contributed by atoms with E-state index in [1.165, 1.54) is 31.7 Å². The van der Waals surface area contributed by atoms with E-state index in [0.717, 1.165) is 25.2 Å². The van der Waals surface area contributed by atoms with Crippen molar-refractivity contribution < 1.29 is 8.78 Å². The minimum Gasteiger partial charge on any atom is -0.313 e. The topological polar surface area (TPSA) is 15.3 Å². The predicted molar refractivity (Wildman–Crippen MR) is 75.9 cm³/mol. The summed E-state index contributed by atoms with van der Waals surface area (Å²) in [6.07, 6.45) is 2.62. The number of hydrogen-bond donors (Lipinski definition) is 1. The molecule has 110 valence electrons.